The number of halogens is 3. The molecule has 0 radical (unpaired) electrons. The van der Waals surface area contributed by atoms with Crippen molar-refractivity contribution in [1.29, 1.82) is 0 Å². The van der Waals surface area contributed by atoms with Crippen LogP contribution in [0, 0.1) is 0 Å². The quantitative estimate of drug-likeness (QED) is 0.652. The Morgan fingerprint density at radius 1 is 1.00 bits per heavy atom. The van der Waals surface area contributed by atoms with E-state index in [9.17, 15) is 9.59 Å². The molecule has 3 heterocycles. The molecule has 8 nitrogen and oxygen atoms in total. The summed E-state index contributed by atoms with van der Waals surface area (Å²) in [7, 11) is 0. The summed E-state index contributed by atoms with van der Waals surface area (Å²) in [5.74, 6) is -0.630. The number of carbonyl (C=O) groups excluding carboxylic acids is 2. The van der Waals surface area contributed by atoms with Crippen LogP contribution in [0.25, 0.3) is 0 Å². The first-order valence-electron chi connectivity index (χ1n) is 8.72. The highest BCUT2D eigenvalue weighted by Crippen LogP contribution is 2.15. The van der Waals surface area contributed by atoms with Gasteiger partial charge in [-0.1, -0.05) is 0 Å². The number of piperazine rings is 2. The predicted molar refractivity (Wildman–Crippen MR) is 115 cm³/mol. The summed E-state index contributed by atoms with van der Waals surface area (Å²) in [5, 5.41) is 4.89. The predicted octanol–water partition coefficient (Wildman–Crippen LogP) is 0.790. The number of ketones is 1. The fraction of sp³-hybridized carbons (Fsp3) is 0.588. The van der Waals surface area contributed by atoms with Crippen LogP contribution in [0.5, 0.6) is 0 Å². The van der Waals surface area contributed by atoms with Crippen molar-refractivity contribution in [2.75, 3.05) is 57.3 Å². The lowest BCUT2D eigenvalue weighted by Gasteiger charge is -2.36. The van der Waals surface area contributed by atoms with E-state index in [0.717, 1.165) is 31.9 Å². The smallest absolute Gasteiger partial charge is 0.349 e. The van der Waals surface area contributed by atoms with E-state index in [4.69, 9.17) is 4.84 Å². The van der Waals surface area contributed by atoms with Gasteiger partial charge in [0.2, 0.25) is 0 Å². The molecule has 2 aliphatic heterocycles. The number of nitrogens with zero attached hydrogens (tertiary/aromatic N) is 4. The van der Waals surface area contributed by atoms with Crippen molar-refractivity contribution >= 4 is 54.7 Å². The Labute approximate surface area is 184 Å². The van der Waals surface area contributed by atoms with Crippen LogP contribution < -0.4 is 10.2 Å². The summed E-state index contributed by atoms with van der Waals surface area (Å²) >= 11 is 0. The summed E-state index contributed by atoms with van der Waals surface area (Å²) in [6.45, 7) is 7.11. The van der Waals surface area contributed by atoms with E-state index < -0.39 is 12.0 Å². The van der Waals surface area contributed by atoms with Crippen molar-refractivity contribution in [3.8, 4) is 0 Å². The molecule has 1 N–H and O–H groups in total. The summed E-state index contributed by atoms with van der Waals surface area (Å²) in [5.41, 5.74) is 1.11. The minimum absolute atomic E-state index is 0. The first-order chi connectivity index (χ1) is 12.1. The Hall–Kier alpha value is -1.16. The third kappa shape index (κ3) is 7.02. The second-order valence-corrected chi connectivity index (χ2v) is 6.33. The number of hydroxylamine groups is 2. The number of anilines is 1. The van der Waals surface area contributed by atoms with E-state index in [0.29, 0.717) is 26.2 Å². The molecule has 0 bridgehead atoms. The number of pyridine rings is 1. The topological polar surface area (TPSA) is 78.0 Å². The Kier molecular flexibility index (Phi) is 12.6. The van der Waals surface area contributed by atoms with Crippen LogP contribution in [0.1, 0.15) is 6.92 Å². The summed E-state index contributed by atoms with van der Waals surface area (Å²) in [4.78, 5) is 38.2. The summed E-state index contributed by atoms with van der Waals surface area (Å²) in [6.07, 6.45) is 3.54. The number of hydrogen-bond acceptors (Lipinski definition) is 8. The van der Waals surface area contributed by atoms with Crippen molar-refractivity contribution in [3.63, 3.8) is 0 Å². The number of aromatic nitrogens is 1. The van der Waals surface area contributed by atoms with Crippen molar-refractivity contribution in [2.24, 2.45) is 0 Å². The van der Waals surface area contributed by atoms with Gasteiger partial charge in [0.25, 0.3) is 0 Å². The molecular formula is C17H28Cl3N5O3. The van der Waals surface area contributed by atoms with E-state index in [-0.39, 0.29) is 43.0 Å². The van der Waals surface area contributed by atoms with E-state index in [1.165, 1.54) is 6.92 Å². The van der Waals surface area contributed by atoms with Crippen molar-refractivity contribution in [1.82, 2.24) is 20.3 Å². The van der Waals surface area contributed by atoms with Gasteiger partial charge in [0.05, 0.1) is 13.1 Å². The van der Waals surface area contributed by atoms with Crippen LogP contribution >= 0.6 is 37.2 Å². The van der Waals surface area contributed by atoms with Crippen LogP contribution in [0.4, 0.5) is 5.69 Å². The molecular weight excluding hydrogens is 429 g/mol. The molecule has 2 fully saturated rings. The molecule has 1 atom stereocenters. The molecule has 3 rings (SSSR count). The van der Waals surface area contributed by atoms with E-state index in [2.05, 4.69) is 15.2 Å². The molecule has 0 spiro atoms. The monoisotopic (exact) mass is 455 g/mol. The molecule has 1 unspecified atom stereocenters. The van der Waals surface area contributed by atoms with Gasteiger partial charge < -0.3 is 15.1 Å². The first kappa shape index (κ1) is 26.8. The SMILES string of the molecule is CC(=O)C(C(=O)ON1CCN(c2ccncc2)CC1)N1CCNCC1.Cl.Cl.Cl. The lowest BCUT2D eigenvalue weighted by molar-refractivity contribution is -0.198. The number of Topliss-reactive ketones (excluding diaryl/α,β-unsaturated/α-hetero) is 1. The zero-order valence-electron chi connectivity index (χ0n) is 15.8. The zero-order valence-corrected chi connectivity index (χ0v) is 18.2. The fourth-order valence-corrected chi connectivity index (χ4v) is 3.28. The summed E-state index contributed by atoms with van der Waals surface area (Å²) in [6, 6.07) is 3.13. The van der Waals surface area contributed by atoms with E-state index in [1.807, 2.05) is 17.0 Å². The Morgan fingerprint density at radius 3 is 2.11 bits per heavy atom. The third-order valence-electron chi connectivity index (χ3n) is 4.61. The maximum absolute atomic E-state index is 12.5. The highest BCUT2D eigenvalue weighted by atomic mass is 35.5. The zero-order chi connectivity index (χ0) is 17.6. The maximum Gasteiger partial charge on any atom is 0.349 e. The largest absolute Gasteiger partial charge is 0.369 e. The Morgan fingerprint density at radius 2 is 1.57 bits per heavy atom. The number of rotatable bonds is 5. The minimum Gasteiger partial charge on any atom is -0.369 e. The van der Waals surface area contributed by atoms with Crippen LogP contribution in [0.2, 0.25) is 0 Å². The Bertz CT molecular complexity index is 597. The van der Waals surface area contributed by atoms with Gasteiger partial charge in [0, 0.05) is 57.3 Å². The molecule has 160 valence electrons. The van der Waals surface area contributed by atoms with Crippen LogP contribution in [0.15, 0.2) is 24.5 Å². The second kappa shape index (κ2) is 13.1. The van der Waals surface area contributed by atoms with Crippen molar-refractivity contribution in [3.05, 3.63) is 24.5 Å². The summed E-state index contributed by atoms with van der Waals surface area (Å²) < 4.78 is 0. The molecule has 28 heavy (non-hydrogen) atoms. The number of carbonyl (C=O) groups is 2. The molecule has 2 saturated heterocycles. The minimum atomic E-state index is -0.805. The van der Waals surface area contributed by atoms with Gasteiger partial charge in [-0.05, 0) is 19.1 Å². The maximum atomic E-state index is 12.5. The van der Waals surface area contributed by atoms with E-state index in [1.54, 1.807) is 17.5 Å². The van der Waals surface area contributed by atoms with Gasteiger partial charge >= 0.3 is 5.97 Å². The highest BCUT2D eigenvalue weighted by Gasteiger charge is 2.34. The van der Waals surface area contributed by atoms with Gasteiger partial charge in [-0.3, -0.25) is 14.7 Å². The number of hydrogen-bond donors (Lipinski definition) is 1. The third-order valence-corrected chi connectivity index (χ3v) is 4.61. The van der Waals surface area contributed by atoms with Crippen LogP contribution in [0.3, 0.4) is 0 Å². The van der Waals surface area contributed by atoms with Crippen LogP contribution in [-0.4, -0.2) is 85.1 Å². The molecule has 0 aromatic carbocycles. The molecule has 11 heteroatoms. The van der Waals surface area contributed by atoms with Gasteiger partial charge in [-0.15, -0.1) is 42.3 Å². The Balaban J connectivity index is 0.00000243. The molecule has 0 saturated carbocycles. The van der Waals surface area contributed by atoms with Gasteiger partial charge in [-0.25, -0.2) is 4.79 Å². The first-order valence-corrected chi connectivity index (χ1v) is 8.72. The van der Waals surface area contributed by atoms with Crippen molar-refractivity contribution < 1.29 is 14.4 Å². The fourth-order valence-electron chi connectivity index (χ4n) is 3.28. The lowest BCUT2D eigenvalue weighted by atomic mass is 10.1. The van der Waals surface area contributed by atoms with Gasteiger partial charge in [0.15, 0.2) is 11.8 Å². The molecule has 2 aliphatic rings. The number of nitrogens with one attached hydrogen (secondary N) is 1. The second-order valence-electron chi connectivity index (χ2n) is 6.33. The average molecular weight is 457 g/mol. The van der Waals surface area contributed by atoms with E-state index >= 15 is 0 Å². The lowest BCUT2D eigenvalue weighted by Crippen LogP contribution is -2.56. The molecule has 1 aromatic rings. The van der Waals surface area contributed by atoms with Gasteiger partial charge in [0.1, 0.15) is 0 Å². The molecule has 1 aromatic heterocycles. The molecule has 0 amide bonds. The average Bonchev–Trinajstić information content (AvgIpc) is 2.64. The highest BCUT2D eigenvalue weighted by molar-refractivity contribution is 6.01. The normalized spacial score (nSPS) is 18.7. The van der Waals surface area contributed by atoms with Gasteiger partial charge in [-0.2, -0.15) is 0 Å². The van der Waals surface area contributed by atoms with Crippen LogP contribution in [-0.2, 0) is 14.4 Å². The van der Waals surface area contributed by atoms with Crippen molar-refractivity contribution in [2.45, 2.75) is 13.0 Å². The standard InChI is InChI=1S/C17H25N5O3.3ClH/c1-14(23)16(21-8-6-19-7-9-21)17(24)25-22-12-10-20(11-13-22)15-2-4-18-5-3-15;;;/h2-5,16,19H,6-13H2,1H3;3*1H. The molecule has 0 aliphatic carbocycles.